The van der Waals surface area contributed by atoms with Crippen LogP contribution in [0.2, 0.25) is 0 Å². The molecule has 1 N–H and O–H groups in total. The van der Waals surface area contributed by atoms with E-state index in [2.05, 4.69) is 11.8 Å². The van der Waals surface area contributed by atoms with Gasteiger partial charge in [0.05, 0.1) is 12.7 Å². The molecule has 0 amide bonds. The van der Waals surface area contributed by atoms with Crippen molar-refractivity contribution in [3.8, 4) is 0 Å². The molecule has 1 aliphatic heterocycles. The van der Waals surface area contributed by atoms with Crippen molar-refractivity contribution in [2.24, 2.45) is 5.41 Å². The van der Waals surface area contributed by atoms with Crippen molar-refractivity contribution in [3.05, 3.63) is 0 Å². The lowest BCUT2D eigenvalue weighted by Crippen LogP contribution is -2.44. The van der Waals surface area contributed by atoms with E-state index in [-0.39, 0.29) is 5.41 Å². The third-order valence-corrected chi connectivity index (χ3v) is 3.18. The number of hydrogen-bond donors (Lipinski definition) is 1. The molecular formula is C10H19NO2. The molecule has 1 saturated carbocycles. The summed E-state index contributed by atoms with van der Waals surface area (Å²) >= 11 is 0. The van der Waals surface area contributed by atoms with Crippen molar-refractivity contribution >= 4 is 0 Å². The number of rotatable bonds is 3. The maximum Gasteiger partial charge on any atom is 0.0674 e. The Morgan fingerprint density at radius 1 is 1.54 bits per heavy atom. The second kappa shape index (κ2) is 3.56. The Balaban J connectivity index is 1.80. The van der Waals surface area contributed by atoms with E-state index in [0.29, 0.717) is 12.7 Å². The standard InChI is InChI=1S/C10H19NO2/c1-9-6-11(4-5-13-9)7-10(8-12)2-3-10/h9,12H,2-8H2,1H3. The van der Waals surface area contributed by atoms with E-state index < -0.39 is 0 Å². The molecule has 13 heavy (non-hydrogen) atoms. The van der Waals surface area contributed by atoms with E-state index >= 15 is 0 Å². The van der Waals surface area contributed by atoms with Gasteiger partial charge in [0.1, 0.15) is 0 Å². The lowest BCUT2D eigenvalue weighted by molar-refractivity contribution is -0.0278. The summed E-state index contributed by atoms with van der Waals surface area (Å²) in [6.45, 7) is 6.46. The number of aliphatic hydroxyl groups is 1. The van der Waals surface area contributed by atoms with Gasteiger partial charge < -0.3 is 9.84 Å². The Hall–Kier alpha value is -0.120. The number of ether oxygens (including phenoxy) is 1. The topological polar surface area (TPSA) is 32.7 Å². The van der Waals surface area contributed by atoms with E-state index in [9.17, 15) is 5.11 Å². The minimum absolute atomic E-state index is 0.261. The largest absolute Gasteiger partial charge is 0.396 e. The van der Waals surface area contributed by atoms with Crippen LogP contribution in [0.1, 0.15) is 19.8 Å². The van der Waals surface area contributed by atoms with Crippen LogP contribution in [0.5, 0.6) is 0 Å². The molecule has 2 fully saturated rings. The third-order valence-electron chi connectivity index (χ3n) is 3.18. The molecule has 0 bridgehead atoms. The van der Waals surface area contributed by atoms with Crippen LogP contribution in [0, 0.1) is 5.41 Å². The first-order valence-electron chi connectivity index (χ1n) is 5.19. The zero-order valence-electron chi connectivity index (χ0n) is 8.33. The second-order valence-corrected chi connectivity index (χ2v) is 4.57. The highest BCUT2D eigenvalue weighted by atomic mass is 16.5. The predicted molar refractivity (Wildman–Crippen MR) is 50.6 cm³/mol. The van der Waals surface area contributed by atoms with Crippen LogP contribution in [-0.2, 0) is 4.74 Å². The van der Waals surface area contributed by atoms with E-state index in [1.807, 2.05) is 0 Å². The molecule has 0 radical (unpaired) electrons. The van der Waals surface area contributed by atoms with Gasteiger partial charge in [-0.1, -0.05) is 0 Å². The SMILES string of the molecule is CC1CN(CC2(CO)CC2)CCO1. The van der Waals surface area contributed by atoms with Crippen LogP contribution in [0.4, 0.5) is 0 Å². The zero-order valence-corrected chi connectivity index (χ0v) is 8.33. The highest BCUT2D eigenvalue weighted by Gasteiger charge is 2.43. The number of hydrogen-bond acceptors (Lipinski definition) is 3. The molecule has 1 aliphatic carbocycles. The van der Waals surface area contributed by atoms with Crippen LogP contribution < -0.4 is 0 Å². The van der Waals surface area contributed by atoms with Crippen LogP contribution in [0.25, 0.3) is 0 Å². The highest BCUT2D eigenvalue weighted by Crippen LogP contribution is 2.45. The Labute approximate surface area is 79.7 Å². The number of aliphatic hydroxyl groups excluding tert-OH is 1. The predicted octanol–water partition coefficient (Wildman–Crippen LogP) is 0.480. The number of nitrogens with zero attached hydrogens (tertiary/aromatic N) is 1. The highest BCUT2D eigenvalue weighted by molar-refractivity contribution is 4.95. The maximum absolute atomic E-state index is 9.20. The van der Waals surface area contributed by atoms with E-state index in [0.717, 1.165) is 26.2 Å². The molecule has 3 heteroatoms. The molecule has 3 nitrogen and oxygen atoms in total. The van der Waals surface area contributed by atoms with Crippen LogP contribution in [0.3, 0.4) is 0 Å². The molecule has 0 aromatic rings. The summed E-state index contributed by atoms with van der Waals surface area (Å²) in [6.07, 6.45) is 2.77. The molecule has 76 valence electrons. The summed E-state index contributed by atoms with van der Waals surface area (Å²) in [4.78, 5) is 2.43. The normalized spacial score (nSPS) is 33.2. The summed E-state index contributed by atoms with van der Waals surface area (Å²) in [6, 6.07) is 0. The zero-order chi connectivity index (χ0) is 9.31. The van der Waals surface area contributed by atoms with Crippen molar-refractivity contribution in [2.75, 3.05) is 32.8 Å². The van der Waals surface area contributed by atoms with Crippen LogP contribution in [0.15, 0.2) is 0 Å². The van der Waals surface area contributed by atoms with E-state index in [1.54, 1.807) is 0 Å². The van der Waals surface area contributed by atoms with E-state index in [1.165, 1.54) is 12.8 Å². The summed E-state index contributed by atoms with van der Waals surface area (Å²) in [5, 5.41) is 9.20. The Morgan fingerprint density at radius 3 is 2.85 bits per heavy atom. The maximum atomic E-state index is 9.20. The first-order valence-corrected chi connectivity index (χ1v) is 5.19. The first-order chi connectivity index (χ1) is 6.24. The first kappa shape index (κ1) is 9.44. The lowest BCUT2D eigenvalue weighted by Gasteiger charge is -2.33. The molecule has 0 spiro atoms. The molecule has 1 saturated heterocycles. The minimum Gasteiger partial charge on any atom is -0.396 e. The van der Waals surface area contributed by atoms with Crippen molar-refractivity contribution in [1.29, 1.82) is 0 Å². The molecule has 2 aliphatic rings. The molecule has 0 aromatic heterocycles. The van der Waals surface area contributed by atoms with Gasteiger partial charge in [0.15, 0.2) is 0 Å². The van der Waals surface area contributed by atoms with Crippen LogP contribution >= 0.6 is 0 Å². The van der Waals surface area contributed by atoms with Crippen molar-refractivity contribution in [1.82, 2.24) is 4.90 Å². The lowest BCUT2D eigenvalue weighted by atomic mass is 10.1. The van der Waals surface area contributed by atoms with Gasteiger partial charge in [-0.05, 0) is 19.8 Å². The average Bonchev–Trinajstić information content (AvgIpc) is 2.86. The molecule has 0 aromatic carbocycles. The fraction of sp³-hybridized carbons (Fsp3) is 1.00. The second-order valence-electron chi connectivity index (χ2n) is 4.57. The van der Waals surface area contributed by atoms with Gasteiger partial charge in [-0.2, -0.15) is 0 Å². The molecule has 1 atom stereocenters. The molecule has 1 unspecified atom stereocenters. The summed E-state index contributed by atoms with van der Waals surface area (Å²) in [5.74, 6) is 0. The average molecular weight is 185 g/mol. The quantitative estimate of drug-likeness (QED) is 0.694. The molecule has 1 heterocycles. The van der Waals surface area contributed by atoms with Crippen molar-refractivity contribution in [3.63, 3.8) is 0 Å². The molecular weight excluding hydrogens is 166 g/mol. The minimum atomic E-state index is 0.261. The van der Waals surface area contributed by atoms with Gasteiger partial charge in [-0.25, -0.2) is 0 Å². The Bertz CT molecular complexity index is 180. The fourth-order valence-electron chi connectivity index (χ4n) is 2.05. The Kier molecular flexibility index (Phi) is 2.58. The van der Waals surface area contributed by atoms with Crippen molar-refractivity contribution < 1.29 is 9.84 Å². The third kappa shape index (κ3) is 2.22. The van der Waals surface area contributed by atoms with Gasteiger partial charge in [0.25, 0.3) is 0 Å². The van der Waals surface area contributed by atoms with E-state index in [4.69, 9.17) is 4.74 Å². The summed E-state index contributed by atoms with van der Waals surface area (Å²) in [5.41, 5.74) is 0.261. The van der Waals surface area contributed by atoms with Gasteiger partial charge >= 0.3 is 0 Å². The summed E-state index contributed by atoms with van der Waals surface area (Å²) in [7, 11) is 0. The molecule has 2 rings (SSSR count). The smallest absolute Gasteiger partial charge is 0.0674 e. The van der Waals surface area contributed by atoms with Gasteiger partial charge in [0, 0.05) is 31.7 Å². The Morgan fingerprint density at radius 2 is 2.31 bits per heavy atom. The number of morpholine rings is 1. The van der Waals surface area contributed by atoms with Crippen LogP contribution in [-0.4, -0.2) is 49.0 Å². The van der Waals surface area contributed by atoms with Crippen molar-refractivity contribution in [2.45, 2.75) is 25.9 Å². The monoisotopic (exact) mass is 185 g/mol. The van der Waals surface area contributed by atoms with Gasteiger partial charge in [-0.3, -0.25) is 4.90 Å². The van der Waals surface area contributed by atoms with Gasteiger partial charge in [-0.15, -0.1) is 0 Å². The summed E-state index contributed by atoms with van der Waals surface area (Å²) < 4.78 is 5.47. The fourth-order valence-corrected chi connectivity index (χ4v) is 2.05. The van der Waals surface area contributed by atoms with Gasteiger partial charge in [0.2, 0.25) is 0 Å².